The molecule has 2 aromatic heterocycles. The van der Waals surface area contributed by atoms with E-state index in [0.29, 0.717) is 19.7 Å². The zero-order chi connectivity index (χ0) is 16.6. The van der Waals surface area contributed by atoms with Gasteiger partial charge in [0, 0.05) is 49.3 Å². The molecule has 0 fully saturated rings. The molecule has 1 aliphatic rings. The van der Waals surface area contributed by atoms with Crippen LogP contribution in [0.5, 0.6) is 0 Å². The molecular formula is C17H23N3O2S. The molecule has 0 radical (unpaired) electrons. The molecule has 0 aromatic carbocycles. The summed E-state index contributed by atoms with van der Waals surface area (Å²) in [5.74, 6) is 0.254. The van der Waals surface area contributed by atoms with Crippen LogP contribution >= 0.6 is 11.3 Å². The highest BCUT2D eigenvalue weighted by Gasteiger charge is 2.32. The zero-order valence-electron chi connectivity index (χ0n) is 14.1. The first kappa shape index (κ1) is 16.2. The number of hydrogen-bond donors (Lipinski definition) is 0. The summed E-state index contributed by atoms with van der Waals surface area (Å²) in [7, 11) is 1.70. The number of amides is 1. The molecule has 6 heteroatoms. The van der Waals surface area contributed by atoms with Gasteiger partial charge in [-0.1, -0.05) is 0 Å². The van der Waals surface area contributed by atoms with E-state index in [1.165, 1.54) is 10.4 Å². The van der Waals surface area contributed by atoms with Crippen LogP contribution in [0.2, 0.25) is 0 Å². The summed E-state index contributed by atoms with van der Waals surface area (Å²) in [4.78, 5) is 16.8. The van der Waals surface area contributed by atoms with E-state index in [4.69, 9.17) is 4.74 Å². The van der Waals surface area contributed by atoms with Crippen LogP contribution in [-0.2, 0) is 17.8 Å². The molecule has 0 bridgehead atoms. The third-order valence-electron chi connectivity index (χ3n) is 4.41. The van der Waals surface area contributed by atoms with Crippen molar-refractivity contribution in [2.45, 2.75) is 39.8 Å². The van der Waals surface area contributed by atoms with E-state index in [1.807, 2.05) is 15.6 Å². The van der Waals surface area contributed by atoms with Crippen LogP contribution in [0.1, 0.15) is 44.2 Å². The van der Waals surface area contributed by atoms with Crippen molar-refractivity contribution in [3.8, 4) is 0 Å². The Labute approximate surface area is 140 Å². The van der Waals surface area contributed by atoms with Crippen LogP contribution in [0.15, 0.2) is 12.3 Å². The molecule has 5 nitrogen and oxygen atoms in total. The molecule has 3 heterocycles. The summed E-state index contributed by atoms with van der Waals surface area (Å²) in [5.41, 5.74) is 3.40. The fourth-order valence-corrected chi connectivity index (χ4v) is 4.05. The Morgan fingerprint density at radius 2 is 2.26 bits per heavy atom. The minimum atomic E-state index is 0.113. The highest BCUT2D eigenvalue weighted by molar-refractivity contribution is 7.14. The lowest BCUT2D eigenvalue weighted by Crippen LogP contribution is -2.39. The minimum Gasteiger partial charge on any atom is -0.384 e. The molecule has 0 saturated heterocycles. The number of hydrogen-bond acceptors (Lipinski definition) is 4. The number of methoxy groups -OCH3 is 1. The number of nitrogens with zero attached hydrogens (tertiary/aromatic N) is 3. The van der Waals surface area contributed by atoms with Crippen LogP contribution in [0.3, 0.4) is 0 Å². The van der Waals surface area contributed by atoms with Crippen LogP contribution < -0.4 is 0 Å². The maximum atomic E-state index is 12.9. The summed E-state index contributed by atoms with van der Waals surface area (Å²) in [5, 5.41) is 4.66. The lowest BCUT2D eigenvalue weighted by Gasteiger charge is -2.31. The third kappa shape index (κ3) is 3.05. The van der Waals surface area contributed by atoms with Gasteiger partial charge in [0.2, 0.25) is 0 Å². The molecule has 1 amide bonds. The van der Waals surface area contributed by atoms with Crippen molar-refractivity contribution in [1.82, 2.24) is 14.7 Å². The number of carbonyl (C=O) groups excluding carboxylic acids is 1. The summed E-state index contributed by atoms with van der Waals surface area (Å²) in [6.45, 7) is 8.90. The molecule has 2 aromatic rings. The molecule has 1 aliphatic heterocycles. The predicted octanol–water partition coefficient (Wildman–Crippen LogP) is 2.97. The lowest BCUT2D eigenvalue weighted by atomic mass is 9.97. The Morgan fingerprint density at radius 1 is 1.48 bits per heavy atom. The normalized spacial score (nSPS) is 17.4. The van der Waals surface area contributed by atoms with Crippen molar-refractivity contribution in [3.05, 3.63) is 38.8 Å². The van der Waals surface area contributed by atoms with Crippen LogP contribution in [0, 0.1) is 13.8 Å². The second kappa shape index (κ2) is 6.45. The number of aryl methyl sites for hydroxylation is 3. The quantitative estimate of drug-likeness (QED) is 0.864. The Hall–Kier alpha value is -1.66. The van der Waals surface area contributed by atoms with Crippen LogP contribution in [0.25, 0.3) is 0 Å². The molecule has 0 aliphatic carbocycles. The predicted molar refractivity (Wildman–Crippen MR) is 91.1 cm³/mol. The van der Waals surface area contributed by atoms with E-state index in [-0.39, 0.29) is 11.8 Å². The number of thiophene rings is 1. The first-order valence-corrected chi connectivity index (χ1v) is 8.76. The Bertz CT molecular complexity index is 700. The van der Waals surface area contributed by atoms with Gasteiger partial charge in [-0.2, -0.15) is 5.10 Å². The highest BCUT2D eigenvalue weighted by Crippen LogP contribution is 2.30. The van der Waals surface area contributed by atoms with Crippen molar-refractivity contribution >= 4 is 17.2 Å². The highest BCUT2D eigenvalue weighted by atomic mass is 32.1. The number of rotatable bonds is 4. The van der Waals surface area contributed by atoms with Gasteiger partial charge in [0.1, 0.15) is 0 Å². The Morgan fingerprint density at radius 3 is 2.87 bits per heavy atom. The van der Waals surface area contributed by atoms with E-state index >= 15 is 0 Å². The van der Waals surface area contributed by atoms with Crippen molar-refractivity contribution in [1.29, 1.82) is 0 Å². The summed E-state index contributed by atoms with van der Waals surface area (Å²) in [6, 6.07) is 2.00. The van der Waals surface area contributed by atoms with Crippen LogP contribution in [-0.4, -0.2) is 40.8 Å². The topological polar surface area (TPSA) is 47.4 Å². The van der Waals surface area contributed by atoms with Crippen molar-refractivity contribution in [2.75, 3.05) is 20.3 Å². The van der Waals surface area contributed by atoms with Gasteiger partial charge in [-0.25, -0.2) is 0 Å². The third-order valence-corrected chi connectivity index (χ3v) is 5.56. The molecule has 3 rings (SSSR count). The maximum Gasteiger partial charge on any atom is 0.264 e. The van der Waals surface area contributed by atoms with Crippen LogP contribution in [0.4, 0.5) is 0 Å². The average molecular weight is 333 g/mol. The SMILES string of the molecule is CCn1cc2c(n1)[C@@H](COC)CN(C(=O)c1cc(C)c(C)s1)C2. The van der Waals surface area contributed by atoms with Crippen molar-refractivity contribution < 1.29 is 9.53 Å². The first-order chi connectivity index (χ1) is 11.0. The number of fused-ring (bicyclic) bond motifs is 1. The maximum absolute atomic E-state index is 12.9. The van der Waals surface area contributed by atoms with Gasteiger partial charge in [-0.15, -0.1) is 11.3 Å². The van der Waals surface area contributed by atoms with E-state index in [9.17, 15) is 4.79 Å². The van der Waals surface area contributed by atoms with Gasteiger partial charge in [-0.3, -0.25) is 9.48 Å². The average Bonchev–Trinajstić information content (AvgIpc) is 3.10. The second-order valence-corrected chi connectivity index (χ2v) is 7.34. The lowest BCUT2D eigenvalue weighted by molar-refractivity contribution is 0.0683. The largest absolute Gasteiger partial charge is 0.384 e. The second-order valence-electron chi connectivity index (χ2n) is 6.08. The summed E-state index contributed by atoms with van der Waals surface area (Å²) in [6.07, 6.45) is 2.06. The first-order valence-electron chi connectivity index (χ1n) is 7.95. The fourth-order valence-electron chi connectivity index (χ4n) is 3.05. The number of ether oxygens (including phenoxy) is 1. The van der Waals surface area contributed by atoms with E-state index in [2.05, 4.69) is 32.1 Å². The molecule has 0 unspecified atom stereocenters. The standard InChI is InChI=1S/C17H23N3O2S/c1-5-20-9-13-7-19(8-14(10-22-4)16(13)18-20)17(21)15-6-11(2)12(3)23-15/h6,9,14H,5,7-8,10H2,1-4H3/t14-/m1/s1. The van der Waals surface area contributed by atoms with Crippen molar-refractivity contribution in [2.24, 2.45) is 0 Å². The smallest absolute Gasteiger partial charge is 0.264 e. The van der Waals surface area contributed by atoms with Gasteiger partial charge >= 0.3 is 0 Å². The number of carbonyl (C=O) groups is 1. The molecule has 0 N–H and O–H groups in total. The van der Waals surface area contributed by atoms with E-state index in [1.54, 1.807) is 18.4 Å². The van der Waals surface area contributed by atoms with E-state index in [0.717, 1.165) is 22.7 Å². The molecule has 0 saturated carbocycles. The summed E-state index contributed by atoms with van der Waals surface area (Å²) < 4.78 is 7.30. The molecule has 1 atom stereocenters. The van der Waals surface area contributed by atoms with Gasteiger partial charge in [0.15, 0.2) is 0 Å². The zero-order valence-corrected chi connectivity index (χ0v) is 14.9. The fraction of sp³-hybridized carbons (Fsp3) is 0.529. The molecular weight excluding hydrogens is 310 g/mol. The summed E-state index contributed by atoms with van der Waals surface area (Å²) >= 11 is 1.58. The molecule has 124 valence electrons. The van der Waals surface area contributed by atoms with Crippen molar-refractivity contribution in [3.63, 3.8) is 0 Å². The monoisotopic (exact) mass is 333 g/mol. The van der Waals surface area contributed by atoms with E-state index < -0.39 is 0 Å². The Kier molecular flexibility index (Phi) is 4.55. The number of aromatic nitrogens is 2. The van der Waals surface area contributed by atoms with Gasteiger partial charge in [-0.05, 0) is 32.4 Å². The van der Waals surface area contributed by atoms with Gasteiger partial charge in [0.05, 0.1) is 17.2 Å². The molecule has 23 heavy (non-hydrogen) atoms. The van der Waals surface area contributed by atoms with Gasteiger partial charge in [0.25, 0.3) is 5.91 Å². The van der Waals surface area contributed by atoms with Gasteiger partial charge < -0.3 is 9.64 Å². The Balaban J connectivity index is 1.88. The minimum absolute atomic E-state index is 0.113. The molecule has 0 spiro atoms.